The summed E-state index contributed by atoms with van der Waals surface area (Å²) >= 11 is 0. The number of nitrogens with zero attached hydrogens (tertiary/aromatic N) is 2. The molecule has 170 valence electrons. The summed E-state index contributed by atoms with van der Waals surface area (Å²) in [5, 5.41) is 9.66. The molecule has 0 N–H and O–H groups in total. The monoisotopic (exact) mass is 456 g/mol. The maximum Gasteiger partial charge on any atom is 0.343 e. The number of benzene rings is 3. The van der Waals surface area contributed by atoms with Gasteiger partial charge in [0.15, 0.2) is 11.5 Å². The van der Waals surface area contributed by atoms with Crippen molar-refractivity contribution in [2.24, 2.45) is 0 Å². The molecule has 1 amide bonds. The van der Waals surface area contributed by atoms with Gasteiger partial charge in [-0.05, 0) is 73.0 Å². The van der Waals surface area contributed by atoms with E-state index >= 15 is 0 Å². The van der Waals surface area contributed by atoms with E-state index in [0.717, 1.165) is 17.7 Å². The van der Waals surface area contributed by atoms with Crippen molar-refractivity contribution in [1.82, 2.24) is 0 Å². The van der Waals surface area contributed by atoms with E-state index in [-0.39, 0.29) is 28.5 Å². The van der Waals surface area contributed by atoms with Gasteiger partial charge in [0.25, 0.3) is 5.91 Å². The molecule has 7 heteroatoms. The number of fused-ring (bicyclic) bond motifs is 1. The number of hydrogen-bond donors (Lipinski definition) is 0. The van der Waals surface area contributed by atoms with Crippen molar-refractivity contribution in [3.05, 3.63) is 94.8 Å². The number of hydrogen-bond acceptors (Lipinski definition) is 5. The molecule has 4 rings (SSSR count). The van der Waals surface area contributed by atoms with E-state index < -0.39 is 11.8 Å². The highest BCUT2D eigenvalue weighted by atomic mass is 19.1. The van der Waals surface area contributed by atoms with Crippen molar-refractivity contribution in [1.29, 1.82) is 5.26 Å². The molecule has 6 nitrogen and oxygen atoms in total. The Hall–Kier alpha value is -4.44. The van der Waals surface area contributed by atoms with E-state index in [4.69, 9.17) is 9.47 Å². The van der Waals surface area contributed by atoms with Crippen LogP contribution in [0.25, 0.3) is 6.08 Å². The fourth-order valence-electron chi connectivity index (χ4n) is 3.71. The van der Waals surface area contributed by atoms with Crippen molar-refractivity contribution in [3.8, 4) is 17.6 Å². The lowest BCUT2D eigenvalue weighted by Crippen LogP contribution is -2.29. The second-order valence-corrected chi connectivity index (χ2v) is 7.54. The van der Waals surface area contributed by atoms with Crippen LogP contribution in [0.15, 0.2) is 72.3 Å². The minimum absolute atomic E-state index is 0.0183. The zero-order valence-electron chi connectivity index (χ0n) is 18.5. The number of carbonyl (C=O) groups excluding carboxylic acids is 2. The summed E-state index contributed by atoms with van der Waals surface area (Å²) in [6.07, 6.45) is 2.22. The Morgan fingerprint density at radius 2 is 1.85 bits per heavy atom. The van der Waals surface area contributed by atoms with Gasteiger partial charge in [0.1, 0.15) is 17.5 Å². The highest BCUT2D eigenvalue weighted by Crippen LogP contribution is 2.32. The molecule has 0 saturated heterocycles. The topological polar surface area (TPSA) is 79.6 Å². The summed E-state index contributed by atoms with van der Waals surface area (Å²) in [6, 6.07) is 19.4. The number of ether oxygens (including phenoxy) is 2. The second-order valence-electron chi connectivity index (χ2n) is 7.54. The van der Waals surface area contributed by atoms with Gasteiger partial charge in [-0.25, -0.2) is 9.18 Å². The fraction of sp³-hybridized carbons (Fsp3) is 0.148. The normalized spacial score (nSPS) is 12.6. The molecule has 3 aromatic carbocycles. The lowest BCUT2D eigenvalue weighted by atomic mass is 10.1. The van der Waals surface area contributed by atoms with Crippen LogP contribution in [0.2, 0.25) is 0 Å². The number of halogens is 1. The lowest BCUT2D eigenvalue weighted by Gasteiger charge is -2.16. The molecule has 1 aliphatic heterocycles. The first-order chi connectivity index (χ1) is 16.5. The molecular weight excluding hydrogens is 435 g/mol. The SMILES string of the molecule is CCOc1cc(C=C(C#N)C(=O)N2CCc3ccccc32)ccc1OC(=O)c1ccc(F)cc1. The third-order valence-corrected chi connectivity index (χ3v) is 5.34. The number of rotatable bonds is 6. The molecule has 0 unspecified atom stereocenters. The number of amides is 1. The minimum atomic E-state index is -0.662. The van der Waals surface area contributed by atoms with Gasteiger partial charge >= 0.3 is 5.97 Å². The van der Waals surface area contributed by atoms with E-state index in [1.165, 1.54) is 36.4 Å². The molecule has 0 aromatic heterocycles. The van der Waals surface area contributed by atoms with Gasteiger partial charge in [0, 0.05) is 12.2 Å². The van der Waals surface area contributed by atoms with E-state index in [1.807, 2.05) is 30.3 Å². The Balaban J connectivity index is 1.58. The van der Waals surface area contributed by atoms with E-state index in [1.54, 1.807) is 24.0 Å². The third kappa shape index (κ3) is 4.81. The summed E-state index contributed by atoms with van der Waals surface area (Å²) in [5.74, 6) is -1.04. The smallest absolute Gasteiger partial charge is 0.343 e. The number of anilines is 1. The zero-order chi connectivity index (χ0) is 24.1. The average molecular weight is 456 g/mol. The zero-order valence-corrected chi connectivity index (χ0v) is 18.5. The maximum atomic E-state index is 13.1. The van der Waals surface area contributed by atoms with Crippen LogP contribution < -0.4 is 14.4 Å². The highest BCUT2D eigenvalue weighted by Gasteiger charge is 2.26. The number of para-hydroxylation sites is 1. The molecule has 0 saturated carbocycles. The molecule has 0 fully saturated rings. The summed E-state index contributed by atoms with van der Waals surface area (Å²) in [7, 11) is 0. The predicted molar refractivity (Wildman–Crippen MR) is 125 cm³/mol. The lowest BCUT2D eigenvalue weighted by molar-refractivity contribution is -0.114. The predicted octanol–water partition coefficient (Wildman–Crippen LogP) is 4.94. The summed E-state index contributed by atoms with van der Waals surface area (Å²) in [6.45, 7) is 2.60. The molecule has 34 heavy (non-hydrogen) atoms. The number of nitriles is 1. The van der Waals surface area contributed by atoms with Gasteiger partial charge < -0.3 is 14.4 Å². The molecule has 1 aliphatic rings. The third-order valence-electron chi connectivity index (χ3n) is 5.34. The molecule has 0 bridgehead atoms. The Labute approximate surface area is 196 Å². The molecule has 0 spiro atoms. The highest BCUT2D eigenvalue weighted by molar-refractivity contribution is 6.12. The summed E-state index contributed by atoms with van der Waals surface area (Å²) in [4.78, 5) is 27.1. The molecule has 0 radical (unpaired) electrons. The van der Waals surface area contributed by atoms with Crippen LogP contribution in [0, 0.1) is 17.1 Å². The van der Waals surface area contributed by atoms with Crippen LogP contribution in [0.5, 0.6) is 11.5 Å². The number of esters is 1. The Kier molecular flexibility index (Phi) is 6.69. The van der Waals surface area contributed by atoms with Gasteiger partial charge in [-0.1, -0.05) is 24.3 Å². The first-order valence-corrected chi connectivity index (χ1v) is 10.8. The summed E-state index contributed by atoms with van der Waals surface area (Å²) < 4.78 is 24.2. The molecule has 1 heterocycles. The van der Waals surface area contributed by atoms with E-state index in [9.17, 15) is 19.2 Å². The van der Waals surface area contributed by atoms with Crippen molar-refractivity contribution < 1.29 is 23.5 Å². The molecule has 0 atom stereocenters. The largest absolute Gasteiger partial charge is 0.490 e. The Morgan fingerprint density at radius 3 is 2.59 bits per heavy atom. The van der Waals surface area contributed by atoms with Gasteiger partial charge in [0.2, 0.25) is 0 Å². The van der Waals surface area contributed by atoms with Gasteiger partial charge in [-0.2, -0.15) is 5.26 Å². The standard InChI is InChI=1S/C27H21FN2O4/c1-2-33-25-16-18(7-12-24(25)34-27(32)20-8-10-22(28)11-9-20)15-21(17-29)26(31)30-14-13-19-5-3-4-6-23(19)30/h3-12,15-16H,2,13-14H2,1H3. The van der Waals surface area contributed by atoms with Gasteiger partial charge in [-0.3, -0.25) is 4.79 Å². The van der Waals surface area contributed by atoms with Crippen LogP contribution in [-0.4, -0.2) is 25.0 Å². The quantitative estimate of drug-likeness (QED) is 0.227. The van der Waals surface area contributed by atoms with Gasteiger partial charge in [0.05, 0.1) is 12.2 Å². The summed E-state index contributed by atoms with van der Waals surface area (Å²) in [5.41, 5.74) is 2.60. The van der Waals surface area contributed by atoms with Crippen molar-refractivity contribution >= 4 is 23.6 Å². The molecule has 3 aromatic rings. The van der Waals surface area contributed by atoms with Crippen molar-refractivity contribution in [3.63, 3.8) is 0 Å². The average Bonchev–Trinajstić information content (AvgIpc) is 3.28. The first kappa shape index (κ1) is 22.7. The Morgan fingerprint density at radius 1 is 1.09 bits per heavy atom. The van der Waals surface area contributed by atoms with Crippen molar-refractivity contribution in [2.75, 3.05) is 18.1 Å². The van der Waals surface area contributed by atoms with Crippen LogP contribution in [-0.2, 0) is 11.2 Å². The molecular formula is C27H21FN2O4. The Bertz CT molecular complexity index is 1310. The van der Waals surface area contributed by atoms with Crippen LogP contribution in [0.4, 0.5) is 10.1 Å². The maximum absolute atomic E-state index is 13.1. The van der Waals surface area contributed by atoms with Crippen molar-refractivity contribution in [2.45, 2.75) is 13.3 Å². The van der Waals surface area contributed by atoms with Crippen LogP contribution in [0.1, 0.15) is 28.4 Å². The van der Waals surface area contributed by atoms with E-state index in [2.05, 4.69) is 0 Å². The fourth-order valence-corrected chi connectivity index (χ4v) is 3.71. The first-order valence-electron chi connectivity index (χ1n) is 10.8. The van der Waals surface area contributed by atoms with Gasteiger partial charge in [-0.15, -0.1) is 0 Å². The van der Waals surface area contributed by atoms with Crippen LogP contribution >= 0.6 is 0 Å². The van der Waals surface area contributed by atoms with E-state index in [0.29, 0.717) is 18.7 Å². The number of carbonyl (C=O) groups is 2. The minimum Gasteiger partial charge on any atom is -0.490 e. The molecule has 0 aliphatic carbocycles. The van der Waals surface area contributed by atoms with Crippen LogP contribution in [0.3, 0.4) is 0 Å². The second kappa shape index (κ2) is 10.0.